The molecule has 3 N–H and O–H groups in total. The minimum atomic E-state index is -0.124. The molecule has 1 saturated carbocycles. The highest BCUT2D eigenvalue weighted by molar-refractivity contribution is 5.80. The van der Waals surface area contributed by atoms with Crippen LogP contribution in [0.5, 0.6) is 0 Å². The molecule has 0 bridgehead atoms. The Morgan fingerprint density at radius 3 is 2.52 bits per heavy atom. The number of likely N-dealkylation sites (tertiary alicyclic amines) is 2. The first-order valence-corrected chi connectivity index (χ1v) is 10.1. The van der Waals surface area contributed by atoms with E-state index < -0.39 is 0 Å². The fourth-order valence-electron chi connectivity index (χ4n) is 4.63. The first-order valence-electron chi connectivity index (χ1n) is 10.1. The van der Waals surface area contributed by atoms with Crippen LogP contribution >= 0.6 is 0 Å². The number of nitrogens with zero attached hydrogens (tertiary/aromatic N) is 3. The highest BCUT2D eigenvalue weighted by Crippen LogP contribution is 2.47. The molecule has 2 aliphatic heterocycles. The molecule has 25 heavy (non-hydrogen) atoms. The fraction of sp³-hybridized carbons (Fsp3) is 0.895. The van der Waals surface area contributed by atoms with Gasteiger partial charge in [0.1, 0.15) is 0 Å². The molecular weight excluding hydrogens is 314 g/mol. The van der Waals surface area contributed by atoms with Crippen LogP contribution in [-0.4, -0.2) is 68.0 Å². The van der Waals surface area contributed by atoms with E-state index in [4.69, 9.17) is 5.73 Å². The summed E-state index contributed by atoms with van der Waals surface area (Å²) >= 11 is 0. The summed E-state index contributed by atoms with van der Waals surface area (Å²) in [7, 11) is 1.90. The van der Waals surface area contributed by atoms with Crippen molar-refractivity contribution in [2.45, 2.75) is 51.4 Å². The molecule has 3 rings (SSSR count). The van der Waals surface area contributed by atoms with E-state index in [9.17, 15) is 4.79 Å². The summed E-state index contributed by atoms with van der Waals surface area (Å²) in [5.41, 5.74) is 6.01. The lowest BCUT2D eigenvalue weighted by Gasteiger charge is -2.38. The van der Waals surface area contributed by atoms with E-state index in [1.165, 1.54) is 38.6 Å². The number of unbranched alkanes of at least 4 members (excludes halogenated alkanes) is 1. The monoisotopic (exact) mass is 349 g/mol. The van der Waals surface area contributed by atoms with Crippen molar-refractivity contribution in [2.24, 2.45) is 22.1 Å². The van der Waals surface area contributed by atoms with Crippen LogP contribution in [-0.2, 0) is 4.79 Å². The summed E-state index contributed by atoms with van der Waals surface area (Å²) in [6.45, 7) is 6.50. The molecule has 6 nitrogen and oxygen atoms in total. The second-order valence-corrected chi connectivity index (χ2v) is 8.22. The standard InChI is InChI=1S/C19H35N5O/c1-21-18(24-14-9-19(15-24)7-4-8-19)22-10-2-3-11-23-12-5-16(6-13-23)17(20)25/h16H,2-15H2,1H3,(H2,20,25)(H,21,22). The predicted molar refractivity (Wildman–Crippen MR) is 101 cm³/mol. The average Bonchev–Trinajstić information content (AvgIpc) is 3.04. The number of nitrogens with one attached hydrogen (secondary N) is 1. The van der Waals surface area contributed by atoms with Crippen LogP contribution < -0.4 is 11.1 Å². The molecule has 0 aromatic heterocycles. The zero-order valence-corrected chi connectivity index (χ0v) is 15.8. The van der Waals surface area contributed by atoms with Gasteiger partial charge in [-0.2, -0.15) is 0 Å². The molecule has 0 aromatic carbocycles. The molecule has 3 aliphatic rings. The molecule has 1 amide bonds. The summed E-state index contributed by atoms with van der Waals surface area (Å²) in [6, 6.07) is 0. The van der Waals surface area contributed by atoms with Gasteiger partial charge in [-0.15, -0.1) is 0 Å². The lowest BCUT2D eigenvalue weighted by Crippen LogP contribution is -2.43. The molecule has 1 aliphatic carbocycles. The molecule has 2 heterocycles. The molecular formula is C19H35N5O. The van der Waals surface area contributed by atoms with Crippen LogP contribution in [0.3, 0.4) is 0 Å². The summed E-state index contributed by atoms with van der Waals surface area (Å²) < 4.78 is 0. The third-order valence-corrected chi connectivity index (χ3v) is 6.54. The van der Waals surface area contributed by atoms with E-state index in [-0.39, 0.29) is 11.8 Å². The normalized spacial score (nSPS) is 24.5. The third kappa shape index (κ3) is 4.66. The third-order valence-electron chi connectivity index (χ3n) is 6.54. The first-order chi connectivity index (χ1) is 12.1. The Morgan fingerprint density at radius 2 is 1.96 bits per heavy atom. The van der Waals surface area contributed by atoms with Crippen LogP contribution in [0.2, 0.25) is 0 Å². The number of primary amides is 1. The lowest BCUT2D eigenvalue weighted by atomic mass is 9.68. The van der Waals surface area contributed by atoms with Gasteiger partial charge in [-0.3, -0.25) is 9.79 Å². The van der Waals surface area contributed by atoms with Crippen molar-refractivity contribution in [3.8, 4) is 0 Å². The zero-order chi connectivity index (χ0) is 17.7. The maximum atomic E-state index is 11.2. The van der Waals surface area contributed by atoms with Gasteiger partial charge < -0.3 is 20.9 Å². The van der Waals surface area contributed by atoms with E-state index >= 15 is 0 Å². The Morgan fingerprint density at radius 1 is 1.20 bits per heavy atom. The predicted octanol–water partition coefficient (Wildman–Crippen LogP) is 1.42. The van der Waals surface area contributed by atoms with Gasteiger partial charge >= 0.3 is 0 Å². The van der Waals surface area contributed by atoms with Gasteiger partial charge in [0, 0.05) is 32.6 Å². The van der Waals surface area contributed by atoms with Gasteiger partial charge in [0.25, 0.3) is 0 Å². The molecule has 0 unspecified atom stereocenters. The smallest absolute Gasteiger partial charge is 0.220 e. The number of carbonyl (C=O) groups excluding carboxylic acids is 1. The van der Waals surface area contributed by atoms with E-state index in [0.717, 1.165) is 57.9 Å². The number of rotatable bonds is 6. The number of amides is 1. The van der Waals surface area contributed by atoms with E-state index in [0.29, 0.717) is 5.41 Å². The topological polar surface area (TPSA) is 74.0 Å². The number of hydrogen-bond donors (Lipinski definition) is 2. The van der Waals surface area contributed by atoms with E-state index in [2.05, 4.69) is 20.1 Å². The van der Waals surface area contributed by atoms with Crippen LogP contribution in [0.15, 0.2) is 4.99 Å². The van der Waals surface area contributed by atoms with E-state index in [1.54, 1.807) is 0 Å². The van der Waals surface area contributed by atoms with Gasteiger partial charge in [0.05, 0.1) is 0 Å². The van der Waals surface area contributed by atoms with Crippen LogP contribution in [0, 0.1) is 11.3 Å². The van der Waals surface area contributed by atoms with Crippen molar-refractivity contribution in [2.75, 3.05) is 46.3 Å². The van der Waals surface area contributed by atoms with E-state index in [1.807, 2.05) is 7.05 Å². The fourth-order valence-corrected chi connectivity index (χ4v) is 4.63. The minimum absolute atomic E-state index is 0.0978. The van der Waals surface area contributed by atoms with Gasteiger partial charge in [0.2, 0.25) is 5.91 Å². The molecule has 0 aromatic rings. The number of guanidine groups is 1. The summed E-state index contributed by atoms with van der Waals surface area (Å²) in [5.74, 6) is 1.06. The number of nitrogens with two attached hydrogens (primary N) is 1. The molecule has 3 fully saturated rings. The van der Waals surface area contributed by atoms with Crippen LogP contribution in [0.4, 0.5) is 0 Å². The second-order valence-electron chi connectivity index (χ2n) is 8.22. The molecule has 0 radical (unpaired) electrons. The Balaban J connectivity index is 1.27. The Labute approximate surface area is 152 Å². The number of aliphatic imine (C=N–C) groups is 1. The molecule has 6 heteroatoms. The Hall–Kier alpha value is -1.30. The quantitative estimate of drug-likeness (QED) is 0.432. The minimum Gasteiger partial charge on any atom is -0.369 e. The van der Waals surface area contributed by atoms with Crippen molar-refractivity contribution in [1.82, 2.24) is 15.1 Å². The molecule has 0 atom stereocenters. The highest BCUT2D eigenvalue weighted by Gasteiger charge is 2.43. The number of piperidine rings is 1. The Bertz CT molecular complexity index is 480. The molecule has 142 valence electrons. The van der Waals surface area contributed by atoms with Crippen molar-refractivity contribution in [3.05, 3.63) is 0 Å². The van der Waals surface area contributed by atoms with Crippen LogP contribution in [0.25, 0.3) is 0 Å². The lowest BCUT2D eigenvalue weighted by molar-refractivity contribution is -0.123. The van der Waals surface area contributed by atoms with Crippen molar-refractivity contribution in [1.29, 1.82) is 0 Å². The molecule has 1 spiro atoms. The largest absolute Gasteiger partial charge is 0.369 e. The van der Waals surface area contributed by atoms with Gasteiger partial charge in [-0.05, 0) is 70.0 Å². The number of carbonyl (C=O) groups is 1. The van der Waals surface area contributed by atoms with Crippen molar-refractivity contribution < 1.29 is 4.79 Å². The van der Waals surface area contributed by atoms with Gasteiger partial charge in [-0.1, -0.05) is 6.42 Å². The zero-order valence-electron chi connectivity index (χ0n) is 15.8. The summed E-state index contributed by atoms with van der Waals surface area (Å²) in [4.78, 5) is 20.6. The van der Waals surface area contributed by atoms with Crippen molar-refractivity contribution >= 4 is 11.9 Å². The number of hydrogen-bond acceptors (Lipinski definition) is 3. The van der Waals surface area contributed by atoms with Gasteiger partial charge in [0.15, 0.2) is 5.96 Å². The maximum Gasteiger partial charge on any atom is 0.220 e. The molecule has 2 saturated heterocycles. The first kappa shape index (κ1) is 18.5. The Kier molecular flexibility index (Phi) is 6.20. The summed E-state index contributed by atoms with van der Waals surface area (Å²) in [5, 5.41) is 3.55. The highest BCUT2D eigenvalue weighted by atomic mass is 16.1. The van der Waals surface area contributed by atoms with Gasteiger partial charge in [-0.25, -0.2) is 0 Å². The van der Waals surface area contributed by atoms with Crippen molar-refractivity contribution in [3.63, 3.8) is 0 Å². The second kappa shape index (κ2) is 8.39. The van der Waals surface area contributed by atoms with Crippen LogP contribution in [0.1, 0.15) is 51.4 Å². The average molecular weight is 350 g/mol. The SMILES string of the molecule is CN=C(NCCCCN1CCC(C(N)=O)CC1)N1CCC2(CCC2)C1. The summed E-state index contributed by atoms with van der Waals surface area (Å²) in [6.07, 6.45) is 9.78. The maximum absolute atomic E-state index is 11.2.